The molecule has 0 saturated heterocycles. The summed E-state index contributed by atoms with van der Waals surface area (Å²) in [4.78, 5) is 28.1. The third kappa shape index (κ3) is 4.36. The number of esters is 1. The molecule has 0 fully saturated rings. The van der Waals surface area contributed by atoms with Crippen molar-refractivity contribution in [1.29, 1.82) is 0 Å². The zero-order valence-electron chi connectivity index (χ0n) is 12.6. The summed E-state index contributed by atoms with van der Waals surface area (Å²) in [5.41, 5.74) is -0.525. The van der Waals surface area contributed by atoms with Crippen LogP contribution in [0.5, 0.6) is 0 Å². The molecule has 0 radical (unpaired) electrons. The lowest BCUT2D eigenvalue weighted by Crippen LogP contribution is -2.43. The van der Waals surface area contributed by atoms with Crippen molar-refractivity contribution >= 4 is 11.9 Å². The van der Waals surface area contributed by atoms with E-state index in [0.717, 1.165) is 0 Å². The van der Waals surface area contributed by atoms with Gasteiger partial charge in [0.2, 0.25) is 11.8 Å². The van der Waals surface area contributed by atoms with E-state index in [1.54, 1.807) is 20.0 Å². The fraction of sp³-hybridized carbons (Fsp3) is 0.643. The third-order valence-electron chi connectivity index (χ3n) is 2.73. The summed E-state index contributed by atoms with van der Waals surface area (Å²) >= 11 is 0. The van der Waals surface area contributed by atoms with Crippen LogP contribution in [0.15, 0.2) is 10.6 Å². The number of nitrogens with zero attached hydrogens (tertiary/aromatic N) is 1. The Bertz CT molecular complexity index is 474. The monoisotopic (exact) mass is 282 g/mol. The first-order chi connectivity index (χ1) is 9.25. The van der Waals surface area contributed by atoms with Gasteiger partial charge < -0.3 is 14.5 Å². The van der Waals surface area contributed by atoms with Crippen molar-refractivity contribution in [3.05, 3.63) is 17.8 Å². The molecule has 112 valence electrons. The van der Waals surface area contributed by atoms with Gasteiger partial charge in [-0.15, -0.1) is 0 Å². The number of oxazole rings is 1. The molecular formula is C14H22N2O4. The number of carbonyl (C=O) groups excluding carboxylic acids is 2. The number of nitrogens with one attached hydrogen (secondary N) is 1. The second kappa shape index (κ2) is 6.54. The van der Waals surface area contributed by atoms with E-state index in [2.05, 4.69) is 10.3 Å². The number of aryl methyl sites for hydroxylation is 1. The van der Waals surface area contributed by atoms with E-state index in [1.807, 2.05) is 20.8 Å². The Kier molecular flexibility index (Phi) is 5.30. The molecule has 6 nitrogen and oxygen atoms in total. The summed E-state index contributed by atoms with van der Waals surface area (Å²) in [5.74, 6) is -0.675. The van der Waals surface area contributed by atoms with Gasteiger partial charge in [-0.2, -0.15) is 0 Å². The van der Waals surface area contributed by atoms with E-state index in [0.29, 0.717) is 11.7 Å². The molecule has 1 rings (SSSR count). The number of rotatable bonds is 5. The first-order valence-electron chi connectivity index (χ1n) is 6.61. The fourth-order valence-electron chi connectivity index (χ4n) is 1.83. The predicted octanol–water partition coefficient (Wildman–Crippen LogP) is 1.82. The minimum Gasteiger partial charge on any atom is -0.465 e. The second-order valence-electron chi connectivity index (χ2n) is 5.63. The molecule has 0 aromatic carbocycles. The Morgan fingerprint density at radius 2 is 2.10 bits per heavy atom. The lowest BCUT2D eigenvalue weighted by molar-refractivity contribution is -0.156. The minimum absolute atomic E-state index is 0.151. The van der Waals surface area contributed by atoms with Crippen molar-refractivity contribution in [3.8, 4) is 0 Å². The summed E-state index contributed by atoms with van der Waals surface area (Å²) in [6.45, 7) is 9.35. The third-order valence-corrected chi connectivity index (χ3v) is 2.73. The summed E-state index contributed by atoms with van der Waals surface area (Å²) in [6, 6.07) is 0. The molecule has 6 heteroatoms. The van der Waals surface area contributed by atoms with Crippen LogP contribution in [-0.2, 0) is 20.9 Å². The summed E-state index contributed by atoms with van der Waals surface area (Å²) in [7, 11) is 0. The SMILES string of the molecule is CCOC(=O)C(C(=O)NCc1ncc(C)o1)C(C)(C)C. The number of hydrogen-bond acceptors (Lipinski definition) is 5. The van der Waals surface area contributed by atoms with Crippen molar-refractivity contribution in [1.82, 2.24) is 10.3 Å². The average Bonchev–Trinajstić information content (AvgIpc) is 2.71. The van der Waals surface area contributed by atoms with Gasteiger partial charge in [0.15, 0.2) is 0 Å². The van der Waals surface area contributed by atoms with Gasteiger partial charge in [-0.05, 0) is 19.3 Å². The molecule has 0 saturated carbocycles. The summed E-state index contributed by atoms with van der Waals surface area (Å²) in [5, 5.41) is 2.66. The van der Waals surface area contributed by atoms with Crippen LogP contribution in [0.1, 0.15) is 39.3 Å². The zero-order chi connectivity index (χ0) is 15.3. The Hall–Kier alpha value is -1.85. The van der Waals surface area contributed by atoms with Gasteiger partial charge in [-0.3, -0.25) is 9.59 Å². The van der Waals surface area contributed by atoms with Crippen molar-refractivity contribution in [2.75, 3.05) is 6.61 Å². The van der Waals surface area contributed by atoms with Crippen molar-refractivity contribution in [3.63, 3.8) is 0 Å². The highest BCUT2D eigenvalue weighted by atomic mass is 16.5. The van der Waals surface area contributed by atoms with Gasteiger partial charge in [0.1, 0.15) is 11.7 Å². The minimum atomic E-state index is -0.862. The highest BCUT2D eigenvalue weighted by Gasteiger charge is 2.38. The Balaban J connectivity index is 2.71. The molecule has 1 heterocycles. The van der Waals surface area contributed by atoms with E-state index in [4.69, 9.17) is 9.15 Å². The molecule has 1 aromatic rings. The van der Waals surface area contributed by atoms with Crippen LogP contribution in [0.2, 0.25) is 0 Å². The molecule has 1 unspecified atom stereocenters. The molecule has 20 heavy (non-hydrogen) atoms. The predicted molar refractivity (Wildman–Crippen MR) is 72.7 cm³/mol. The molecule has 1 atom stereocenters. The van der Waals surface area contributed by atoms with Crippen LogP contribution in [-0.4, -0.2) is 23.5 Å². The molecule has 0 aliphatic carbocycles. The largest absolute Gasteiger partial charge is 0.465 e. The first-order valence-corrected chi connectivity index (χ1v) is 6.61. The number of carbonyl (C=O) groups is 2. The van der Waals surface area contributed by atoms with E-state index in [-0.39, 0.29) is 19.1 Å². The quantitative estimate of drug-likeness (QED) is 0.658. The van der Waals surface area contributed by atoms with E-state index >= 15 is 0 Å². The van der Waals surface area contributed by atoms with Crippen LogP contribution in [0.25, 0.3) is 0 Å². The van der Waals surface area contributed by atoms with Gasteiger partial charge in [0, 0.05) is 0 Å². The maximum Gasteiger partial charge on any atom is 0.319 e. The average molecular weight is 282 g/mol. The topological polar surface area (TPSA) is 81.4 Å². The van der Waals surface area contributed by atoms with Crippen LogP contribution >= 0.6 is 0 Å². The second-order valence-corrected chi connectivity index (χ2v) is 5.63. The van der Waals surface area contributed by atoms with Gasteiger partial charge in [0.25, 0.3) is 0 Å². The van der Waals surface area contributed by atoms with Crippen molar-refractivity contribution in [2.24, 2.45) is 11.3 Å². The normalized spacial score (nSPS) is 12.8. The Morgan fingerprint density at radius 3 is 2.55 bits per heavy atom. The number of hydrogen-bond donors (Lipinski definition) is 1. The van der Waals surface area contributed by atoms with E-state index < -0.39 is 17.3 Å². The molecular weight excluding hydrogens is 260 g/mol. The van der Waals surface area contributed by atoms with Gasteiger partial charge >= 0.3 is 5.97 Å². The molecule has 1 N–H and O–H groups in total. The molecule has 0 bridgehead atoms. The smallest absolute Gasteiger partial charge is 0.319 e. The molecule has 0 spiro atoms. The van der Waals surface area contributed by atoms with E-state index in [1.165, 1.54) is 0 Å². The van der Waals surface area contributed by atoms with E-state index in [9.17, 15) is 9.59 Å². The van der Waals surface area contributed by atoms with Crippen LogP contribution in [0.4, 0.5) is 0 Å². The van der Waals surface area contributed by atoms with Gasteiger partial charge in [0.05, 0.1) is 19.3 Å². The summed E-state index contributed by atoms with van der Waals surface area (Å²) < 4.78 is 10.2. The number of amides is 1. The molecule has 1 amide bonds. The highest BCUT2D eigenvalue weighted by molar-refractivity contribution is 5.98. The van der Waals surface area contributed by atoms with Crippen LogP contribution < -0.4 is 5.32 Å². The number of aromatic nitrogens is 1. The van der Waals surface area contributed by atoms with Crippen LogP contribution in [0, 0.1) is 18.3 Å². The standard InChI is InChI=1S/C14H22N2O4/c1-6-19-13(18)11(14(3,4)5)12(17)16-8-10-15-7-9(2)20-10/h7,11H,6,8H2,1-5H3,(H,16,17). The molecule has 0 aliphatic heterocycles. The van der Waals surface area contributed by atoms with Gasteiger partial charge in [-0.25, -0.2) is 4.98 Å². The Labute approximate surface area is 118 Å². The van der Waals surface area contributed by atoms with Gasteiger partial charge in [-0.1, -0.05) is 20.8 Å². The fourth-order valence-corrected chi connectivity index (χ4v) is 1.83. The highest BCUT2D eigenvalue weighted by Crippen LogP contribution is 2.27. The first kappa shape index (κ1) is 16.2. The maximum atomic E-state index is 12.2. The maximum absolute atomic E-state index is 12.2. The van der Waals surface area contributed by atoms with Crippen molar-refractivity contribution in [2.45, 2.75) is 41.2 Å². The lowest BCUT2D eigenvalue weighted by Gasteiger charge is -2.27. The summed E-state index contributed by atoms with van der Waals surface area (Å²) in [6.07, 6.45) is 1.58. The van der Waals surface area contributed by atoms with Crippen molar-refractivity contribution < 1.29 is 18.7 Å². The zero-order valence-corrected chi connectivity index (χ0v) is 12.6. The lowest BCUT2D eigenvalue weighted by atomic mass is 9.80. The number of ether oxygens (including phenoxy) is 1. The Morgan fingerprint density at radius 1 is 1.45 bits per heavy atom. The van der Waals surface area contributed by atoms with Crippen LogP contribution in [0.3, 0.4) is 0 Å². The molecule has 0 aliphatic rings. The molecule has 1 aromatic heterocycles.